The van der Waals surface area contributed by atoms with Gasteiger partial charge in [-0.3, -0.25) is 19.8 Å². The molecule has 4 amide bonds. The molecule has 6 rings (SSSR count). The highest BCUT2D eigenvalue weighted by Gasteiger charge is 2.51. The maximum atomic E-state index is 12.8. The van der Waals surface area contributed by atoms with Gasteiger partial charge in [-0.05, 0) is 88.0 Å². The van der Waals surface area contributed by atoms with Gasteiger partial charge in [0.15, 0.2) is 0 Å². The van der Waals surface area contributed by atoms with Crippen LogP contribution in [0, 0.1) is 17.8 Å². The molecule has 4 aliphatic carbocycles. The molecule has 1 atom stereocenters. The summed E-state index contributed by atoms with van der Waals surface area (Å²) < 4.78 is 0. The summed E-state index contributed by atoms with van der Waals surface area (Å²) >= 11 is 0. The average molecular weight is 481 g/mol. The quantitative estimate of drug-likeness (QED) is 0.558. The maximum absolute atomic E-state index is 12.8. The van der Waals surface area contributed by atoms with Crippen LogP contribution in [0.25, 0.3) is 0 Å². The maximum Gasteiger partial charge on any atom is 0.321 e. The van der Waals surface area contributed by atoms with Crippen LogP contribution in [0.1, 0.15) is 70.3 Å². The molecule has 1 aromatic carbocycles. The Morgan fingerprint density at radius 1 is 0.971 bits per heavy atom. The van der Waals surface area contributed by atoms with Crippen molar-refractivity contribution in [3.05, 3.63) is 35.9 Å². The van der Waals surface area contributed by atoms with Gasteiger partial charge in [-0.2, -0.15) is 0 Å². The van der Waals surface area contributed by atoms with E-state index in [0.29, 0.717) is 6.42 Å². The third kappa shape index (κ3) is 5.88. The number of amides is 4. The number of urea groups is 1. The predicted octanol–water partition coefficient (Wildman–Crippen LogP) is 3.38. The van der Waals surface area contributed by atoms with Gasteiger partial charge in [-0.15, -0.1) is 0 Å². The Morgan fingerprint density at radius 3 is 2.17 bits per heavy atom. The molecule has 7 heteroatoms. The molecule has 3 N–H and O–H groups in total. The molecule has 1 aromatic rings. The van der Waals surface area contributed by atoms with E-state index >= 15 is 0 Å². The van der Waals surface area contributed by atoms with E-state index in [1.165, 1.54) is 24.8 Å². The molecule has 0 radical (unpaired) electrons. The SMILES string of the molecule is CC(C(=O)NC(=O)NC12CC3CC(CC(C3)C1)C2)N1CCC(NC(=O)CCc2ccccc2)CC1. The highest BCUT2D eigenvalue weighted by molar-refractivity contribution is 5.97. The number of hydrogen-bond acceptors (Lipinski definition) is 4. The first-order chi connectivity index (χ1) is 16.9. The summed E-state index contributed by atoms with van der Waals surface area (Å²) in [5.74, 6) is 2.08. The Kier molecular flexibility index (Phi) is 7.14. The molecule has 190 valence electrons. The average Bonchev–Trinajstić information content (AvgIpc) is 2.82. The molecule has 5 aliphatic rings. The first-order valence-corrected chi connectivity index (χ1v) is 13.6. The summed E-state index contributed by atoms with van der Waals surface area (Å²) in [6, 6.07) is 9.50. The molecular weight excluding hydrogens is 440 g/mol. The van der Waals surface area contributed by atoms with Crippen LogP contribution in [0.2, 0.25) is 0 Å². The molecule has 4 bridgehead atoms. The van der Waals surface area contributed by atoms with Gasteiger partial charge in [0.25, 0.3) is 0 Å². The molecule has 4 saturated carbocycles. The van der Waals surface area contributed by atoms with Gasteiger partial charge in [0.1, 0.15) is 0 Å². The number of hydrogen-bond donors (Lipinski definition) is 3. The monoisotopic (exact) mass is 480 g/mol. The van der Waals surface area contributed by atoms with Crippen LogP contribution < -0.4 is 16.0 Å². The van der Waals surface area contributed by atoms with Crippen molar-refractivity contribution in [2.45, 2.75) is 88.8 Å². The highest BCUT2D eigenvalue weighted by atomic mass is 16.2. The van der Waals surface area contributed by atoms with Crippen molar-refractivity contribution < 1.29 is 14.4 Å². The fourth-order valence-corrected chi connectivity index (χ4v) is 7.55. The number of nitrogens with one attached hydrogen (secondary N) is 3. The predicted molar refractivity (Wildman–Crippen MR) is 135 cm³/mol. The molecule has 35 heavy (non-hydrogen) atoms. The van der Waals surface area contributed by atoms with Crippen molar-refractivity contribution >= 4 is 17.8 Å². The normalized spacial score (nSPS) is 31.1. The molecule has 0 aromatic heterocycles. The summed E-state index contributed by atoms with van der Waals surface area (Å²) in [7, 11) is 0. The fourth-order valence-electron chi connectivity index (χ4n) is 7.55. The van der Waals surface area contributed by atoms with Crippen molar-refractivity contribution in [2.75, 3.05) is 13.1 Å². The minimum absolute atomic E-state index is 0.0828. The van der Waals surface area contributed by atoms with E-state index in [2.05, 4.69) is 20.9 Å². The van der Waals surface area contributed by atoms with Crippen molar-refractivity contribution in [1.82, 2.24) is 20.9 Å². The van der Waals surface area contributed by atoms with Crippen LogP contribution >= 0.6 is 0 Å². The van der Waals surface area contributed by atoms with Gasteiger partial charge in [-0.1, -0.05) is 30.3 Å². The first kappa shape index (κ1) is 24.3. The summed E-state index contributed by atoms with van der Waals surface area (Å²) in [5.41, 5.74) is 1.07. The lowest BCUT2D eigenvalue weighted by Gasteiger charge is -2.56. The molecular formula is C28H40N4O3. The van der Waals surface area contributed by atoms with Crippen molar-refractivity contribution in [2.24, 2.45) is 17.8 Å². The topological polar surface area (TPSA) is 90.5 Å². The number of benzene rings is 1. The largest absolute Gasteiger partial charge is 0.353 e. The Bertz CT molecular complexity index is 890. The fraction of sp³-hybridized carbons (Fsp3) is 0.679. The van der Waals surface area contributed by atoms with Crippen LogP contribution in [0.15, 0.2) is 30.3 Å². The smallest absolute Gasteiger partial charge is 0.321 e. The molecule has 1 unspecified atom stereocenters. The van der Waals surface area contributed by atoms with E-state index < -0.39 is 0 Å². The van der Waals surface area contributed by atoms with Crippen molar-refractivity contribution in [3.8, 4) is 0 Å². The van der Waals surface area contributed by atoms with E-state index in [9.17, 15) is 14.4 Å². The Labute approximate surface area is 208 Å². The summed E-state index contributed by atoms with van der Waals surface area (Å²) in [4.78, 5) is 40.1. The zero-order valence-corrected chi connectivity index (χ0v) is 20.9. The summed E-state index contributed by atoms with van der Waals surface area (Å²) in [6.45, 7) is 3.33. The molecule has 1 saturated heterocycles. The third-order valence-corrected chi connectivity index (χ3v) is 8.96. The van der Waals surface area contributed by atoms with Crippen LogP contribution in [0.4, 0.5) is 4.79 Å². The Morgan fingerprint density at radius 2 is 1.57 bits per heavy atom. The lowest BCUT2D eigenvalue weighted by Crippen LogP contribution is -2.62. The van der Waals surface area contributed by atoms with Gasteiger partial charge < -0.3 is 10.6 Å². The zero-order valence-electron chi connectivity index (χ0n) is 20.9. The van der Waals surface area contributed by atoms with E-state index in [1.807, 2.05) is 37.3 Å². The molecule has 5 fully saturated rings. The number of rotatable bonds is 7. The van der Waals surface area contributed by atoms with Crippen LogP contribution in [-0.4, -0.2) is 53.5 Å². The van der Waals surface area contributed by atoms with E-state index in [1.54, 1.807) is 0 Å². The molecule has 1 aliphatic heterocycles. The number of likely N-dealkylation sites (tertiary alicyclic amines) is 1. The summed E-state index contributed by atoms with van der Waals surface area (Å²) in [6.07, 6.45) is 10.0. The second kappa shape index (κ2) is 10.3. The van der Waals surface area contributed by atoms with Gasteiger partial charge in [0.05, 0.1) is 6.04 Å². The Balaban J connectivity index is 1.03. The zero-order chi connectivity index (χ0) is 24.4. The van der Waals surface area contributed by atoms with E-state index in [0.717, 1.165) is 69.4 Å². The minimum atomic E-state index is -0.369. The van der Waals surface area contributed by atoms with Crippen LogP contribution in [0.3, 0.4) is 0 Å². The number of piperidine rings is 1. The second-order valence-corrected chi connectivity index (χ2v) is 11.7. The van der Waals surface area contributed by atoms with Gasteiger partial charge in [0, 0.05) is 31.1 Å². The van der Waals surface area contributed by atoms with Crippen LogP contribution in [0.5, 0.6) is 0 Å². The van der Waals surface area contributed by atoms with Gasteiger partial charge in [0.2, 0.25) is 11.8 Å². The lowest BCUT2D eigenvalue weighted by molar-refractivity contribution is -0.126. The minimum Gasteiger partial charge on any atom is -0.353 e. The lowest BCUT2D eigenvalue weighted by atomic mass is 9.53. The first-order valence-electron chi connectivity index (χ1n) is 13.6. The van der Waals surface area contributed by atoms with E-state index in [4.69, 9.17) is 0 Å². The van der Waals surface area contributed by atoms with Crippen molar-refractivity contribution in [1.29, 1.82) is 0 Å². The molecule has 7 nitrogen and oxygen atoms in total. The number of nitrogens with zero attached hydrogens (tertiary/aromatic N) is 1. The van der Waals surface area contributed by atoms with Gasteiger partial charge in [-0.25, -0.2) is 4.79 Å². The third-order valence-electron chi connectivity index (χ3n) is 8.96. The number of carbonyl (C=O) groups excluding carboxylic acids is 3. The molecule has 0 spiro atoms. The number of carbonyl (C=O) groups is 3. The van der Waals surface area contributed by atoms with Crippen molar-refractivity contribution in [3.63, 3.8) is 0 Å². The van der Waals surface area contributed by atoms with Gasteiger partial charge >= 0.3 is 6.03 Å². The van der Waals surface area contributed by atoms with E-state index in [-0.39, 0.29) is 35.5 Å². The Hall–Kier alpha value is -2.41. The summed E-state index contributed by atoms with van der Waals surface area (Å²) in [5, 5.41) is 9.01. The molecule has 1 heterocycles. The standard InChI is InChI=1S/C28H40N4O3/c1-19(26(34)30-27(35)31-28-16-21-13-22(17-28)15-23(14-21)18-28)32-11-9-24(10-12-32)29-25(33)8-7-20-5-3-2-4-6-20/h2-6,19,21-24H,7-18H2,1H3,(H,29,33)(H2,30,31,34,35). The number of aryl methyl sites for hydroxylation is 1. The number of imide groups is 1. The second-order valence-electron chi connectivity index (χ2n) is 11.7. The highest BCUT2D eigenvalue weighted by Crippen LogP contribution is 2.55. The van der Waals surface area contributed by atoms with Crippen LogP contribution in [-0.2, 0) is 16.0 Å².